The molecular weight excluding hydrogens is 422 g/mol. The Bertz CT molecular complexity index is 1040. The molecule has 0 unspecified atom stereocenters. The van der Waals surface area contributed by atoms with Crippen molar-refractivity contribution in [2.75, 3.05) is 14.2 Å². The molecule has 0 aromatic heterocycles. The number of hydrogen-bond donors (Lipinski definition) is 0. The van der Waals surface area contributed by atoms with Crippen LogP contribution in [0.4, 0.5) is 5.69 Å². The van der Waals surface area contributed by atoms with Crippen molar-refractivity contribution in [2.45, 2.75) is 19.4 Å². The van der Waals surface area contributed by atoms with Crippen molar-refractivity contribution in [2.24, 2.45) is 28.8 Å². The Kier molecular flexibility index (Phi) is 5.41. The predicted molar refractivity (Wildman–Crippen MR) is 109 cm³/mol. The lowest BCUT2D eigenvalue weighted by Crippen LogP contribution is -2.28. The van der Waals surface area contributed by atoms with Gasteiger partial charge in [0.15, 0.2) is 11.9 Å². The highest BCUT2D eigenvalue weighted by Gasteiger charge is 2.59. The van der Waals surface area contributed by atoms with Gasteiger partial charge in [0.2, 0.25) is 5.75 Å². The van der Waals surface area contributed by atoms with Crippen LogP contribution in [0.15, 0.2) is 29.4 Å². The van der Waals surface area contributed by atoms with E-state index in [0.29, 0.717) is 0 Å². The molecule has 11 heteroatoms. The third kappa shape index (κ3) is 3.39. The first-order valence-electron chi connectivity index (χ1n) is 9.97. The maximum atomic E-state index is 12.7. The van der Waals surface area contributed by atoms with Crippen LogP contribution in [0.1, 0.15) is 18.9 Å². The minimum Gasteiger partial charge on any atom is -0.493 e. The van der Waals surface area contributed by atoms with E-state index in [4.69, 9.17) is 9.47 Å². The van der Waals surface area contributed by atoms with Gasteiger partial charge in [0, 0.05) is 11.6 Å². The second-order valence-corrected chi connectivity index (χ2v) is 7.84. The van der Waals surface area contributed by atoms with Crippen molar-refractivity contribution in [3.05, 3.63) is 40.0 Å². The number of allylic oxidation sites excluding steroid dienone is 2. The maximum absolute atomic E-state index is 12.7. The summed E-state index contributed by atoms with van der Waals surface area (Å²) in [5.41, 5.74) is -0.259. The lowest BCUT2D eigenvalue weighted by Gasteiger charge is -2.16. The van der Waals surface area contributed by atoms with E-state index >= 15 is 0 Å². The first-order chi connectivity index (χ1) is 15.3. The molecule has 11 nitrogen and oxygen atoms in total. The third-order valence-electron chi connectivity index (χ3n) is 6.07. The topological polar surface area (TPSA) is 138 Å². The summed E-state index contributed by atoms with van der Waals surface area (Å²) < 4.78 is 15.2. The van der Waals surface area contributed by atoms with Crippen LogP contribution in [0, 0.1) is 33.8 Å². The van der Waals surface area contributed by atoms with Gasteiger partial charge in [-0.3, -0.25) is 19.7 Å². The summed E-state index contributed by atoms with van der Waals surface area (Å²) in [4.78, 5) is 48.1. The summed E-state index contributed by atoms with van der Waals surface area (Å²) in [5, 5.41) is 16.5. The number of rotatable bonds is 7. The summed E-state index contributed by atoms with van der Waals surface area (Å²) in [7, 11) is 2.46. The molecule has 4 rings (SSSR count). The smallest absolute Gasteiger partial charge is 0.346 e. The van der Waals surface area contributed by atoms with Crippen LogP contribution in [0.25, 0.3) is 0 Å². The van der Waals surface area contributed by atoms with Gasteiger partial charge in [-0.2, -0.15) is 10.1 Å². The Hall–Kier alpha value is -3.76. The van der Waals surface area contributed by atoms with Crippen molar-refractivity contribution in [3.8, 4) is 11.5 Å². The number of fused-ring (bicyclic) bond motifs is 5. The molecule has 2 bridgehead atoms. The van der Waals surface area contributed by atoms with Gasteiger partial charge in [0.05, 0.1) is 37.2 Å². The van der Waals surface area contributed by atoms with Crippen LogP contribution >= 0.6 is 0 Å². The monoisotopic (exact) mass is 443 g/mol. The number of carbonyl (C=O) groups excluding carboxylic acids is 3. The van der Waals surface area contributed by atoms with Crippen molar-refractivity contribution >= 4 is 29.7 Å². The fourth-order valence-corrected chi connectivity index (χ4v) is 4.60. The number of amides is 2. The molecule has 1 heterocycles. The molecule has 0 radical (unpaired) electrons. The minimum absolute atomic E-state index is 0.0189. The molecular formula is C21H21N3O8. The molecule has 5 atom stereocenters. The van der Waals surface area contributed by atoms with Gasteiger partial charge in [-0.1, -0.05) is 12.2 Å². The SMILES string of the molecule is COC(=O)[C@H](C)Oc1c(OC)cc(C=NN2C(=O)[C@@H]3[C@H](C2=O)[C@H]2C=C[C@H]3C2)cc1[N+](=O)[O-]. The Labute approximate surface area is 182 Å². The zero-order valence-electron chi connectivity index (χ0n) is 17.6. The van der Waals surface area contributed by atoms with E-state index in [-0.39, 0.29) is 40.7 Å². The average molecular weight is 443 g/mol. The van der Waals surface area contributed by atoms with E-state index in [1.165, 1.54) is 33.4 Å². The van der Waals surface area contributed by atoms with Crippen molar-refractivity contribution in [1.82, 2.24) is 5.01 Å². The Balaban J connectivity index is 1.62. The molecule has 3 aliphatic rings. The number of carbonyl (C=O) groups is 3. The number of methoxy groups -OCH3 is 2. The molecule has 1 aromatic carbocycles. The maximum Gasteiger partial charge on any atom is 0.346 e. The largest absolute Gasteiger partial charge is 0.493 e. The standard InChI is InChI=1S/C21H21N3O8/c1-10(21(27)31-3)32-18-14(24(28)29)6-11(7-15(18)30-2)9-22-23-19(25)16-12-4-5-13(8-12)17(16)20(23)26/h4-7,9-10,12-13,16-17H,8H2,1-3H3/t10-,12-,13-,16-,17+/m0/s1. The molecule has 1 aliphatic heterocycles. The highest BCUT2D eigenvalue weighted by Crippen LogP contribution is 2.52. The zero-order chi connectivity index (χ0) is 23.2. The second kappa shape index (κ2) is 8.06. The number of nitro benzene ring substituents is 1. The van der Waals surface area contributed by atoms with Crippen LogP contribution in [0.2, 0.25) is 0 Å². The van der Waals surface area contributed by atoms with Gasteiger partial charge >= 0.3 is 11.7 Å². The molecule has 168 valence electrons. The van der Waals surface area contributed by atoms with Gasteiger partial charge in [-0.05, 0) is 31.2 Å². The minimum atomic E-state index is -1.12. The first-order valence-corrected chi connectivity index (χ1v) is 9.97. The molecule has 32 heavy (non-hydrogen) atoms. The van der Waals surface area contributed by atoms with E-state index in [2.05, 4.69) is 9.84 Å². The summed E-state index contributed by atoms with van der Waals surface area (Å²) in [6, 6.07) is 2.55. The van der Waals surface area contributed by atoms with E-state index < -0.39 is 34.5 Å². The number of nitro groups is 1. The third-order valence-corrected chi connectivity index (χ3v) is 6.07. The van der Waals surface area contributed by atoms with Gasteiger partial charge < -0.3 is 14.2 Å². The number of imide groups is 1. The van der Waals surface area contributed by atoms with E-state index in [0.717, 1.165) is 17.5 Å². The van der Waals surface area contributed by atoms with Crippen LogP contribution in [0.3, 0.4) is 0 Å². The van der Waals surface area contributed by atoms with Gasteiger partial charge in [-0.15, -0.1) is 0 Å². The van der Waals surface area contributed by atoms with Gasteiger partial charge in [0.1, 0.15) is 0 Å². The van der Waals surface area contributed by atoms with E-state index in [1.54, 1.807) is 0 Å². The lowest BCUT2D eigenvalue weighted by atomic mass is 9.85. The second-order valence-electron chi connectivity index (χ2n) is 7.84. The van der Waals surface area contributed by atoms with Gasteiger partial charge in [0.25, 0.3) is 11.8 Å². The number of nitrogens with zero attached hydrogens (tertiary/aromatic N) is 3. The molecule has 0 N–H and O–H groups in total. The molecule has 1 saturated carbocycles. The van der Waals surface area contributed by atoms with Crippen LogP contribution < -0.4 is 9.47 Å². The fourth-order valence-electron chi connectivity index (χ4n) is 4.60. The van der Waals surface area contributed by atoms with Gasteiger partial charge in [-0.25, -0.2) is 4.79 Å². The van der Waals surface area contributed by atoms with E-state index in [9.17, 15) is 24.5 Å². The van der Waals surface area contributed by atoms with Crippen molar-refractivity contribution < 1.29 is 33.5 Å². The van der Waals surface area contributed by atoms with Crippen LogP contribution in [-0.2, 0) is 19.1 Å². The highest BCUT2D eigenvalue weighted by molar-refractivity contribution is 6.06. The predicted octanol–water partition coefficient (Wildman–Crippen LogP) is 1.68. The fraction of sp³-hybridized carbons (Fsp3) is 0.429. The number of hydrazone groups is 1. The number of benzene rings is 1. The Morgan fingerprint density at radius 3 is 2.38 bits per heavy atom. The molecule has 2 amide bonds. The molecule has 2 aliphatic carbocycles. The summed E-state index contributed by atoms with van der Waals surface area (Å²) in [6.45, 7) is 1.38. The van der Waals surface area contributed by atoms with Crippen molar-refractivity contribution in [1.29, 1.82) is 0 Å². The van der Waals surface area contributed by atoms with Crippen LogP contribution in [0.5, 0.6) is 11.5 Å². The lowest BCUT2D eigenvalue weighted by molar-refractivity contribution is -0.386. The summed E-state index contributed by atoms with van der Waals surface area (Å²) in [6.07, 6.45) is 4.84. The van der Waals surface area contributed by atoms with Crippen LogP contribution in [-0.4, -0.2) is 54.3 Å². The Morgan fingerprint density at radius 2 is 1.84 bits per heavy atom. The van der Waals surface area contributed by atoms with Crippen molar-refractivity contribution in [3.63, 3.8) is 0 Å². The number of esters is 1. The number of hydrogen-bond acceptors (Lipinski definition) is 9. The molecule has 1 aromatic rings. The highest BCUT2D eigenvalue weighted by atomic mass is 16.6. The molecule has 1 saturated heterocycles. The number of ether oxygens (including phenoxy) is 3. The molecule has 2 fully saturated rings. The normalized spacial score (nSPS) is 26.5. The zero-order valence-corrected chi connectivity index (χ0v) is 17.6. The first kappa shape index (κ1) is 21.5. The summed E-state index contributed by atoms with van der Waals surface area (Å²) in [5.74, 6) is -2.39. The summed E-state index contributed by atoms with van der Waals surface area (Å²) >= 11 is 0. The quantitative estimate of drug-likeness (QED) is 0.155. The van der Waals surface area contributed by atoms with E-state index in [1.807, 2.05) is 12.2 Å². The average Bonchev–Trinajstić information content (AvgIpc) is 3.46. The molecule has 0 spiro atoms. The Morgan fingerprint density at radius 1 is 1.22 bits per heavy atom.